The molecule has 1 rings (SSSR count). The molecule has 1 amide bonds. The molecule has 1 aromatic rings. The van der Waals surface area contributed by atoms with Gasteiger partial charge in [0.1, 0.15) is 6.04 Å². The van der Waals surface area contributed by atoms with Crippen LogP contribution >= 0.6 is 0 Å². The zero-order valence-electron chi connectivity index (χ0n) is 15.4. The van der Waals surface area contributed by atoms with E-state index in [0.29, 0.717) is 13.2 Å². The molecule has 0 spiro atoms. The van der Waals surface area contributed by atoms with Gasteiger partial charge in [-0.1, -0.05) is 12.1 Å². The van der Waals surface area contributed by atoms with Gasteiger partial charge in [0.15, 0.2) is 0 Å². The number of esters is 1. The topological polar surface area (TPSA) is 63.1 Å². The Labute approximate surface area is 144 Å². The second kappa shape index (κ2) is 9.93. The van der Waals surface area contributed by atoms with Gasteiger partial charge in [-0.3, -0.25) is 9.59 Å². The van der Waals surface area contributed by atoms with Gasteiger partial charge in [0.05, 0.1) is 33.7 Å². The Morgan fingerprint density at radius 2 is 1.79 bits per heavy atom. The fourth-order valence-corrected chi connectivity index (χ4v) is 2.41. The highest BCUT2D eigenvalue weighted by atomic mass is 16.5. The predicted octanol–water partition coefficient (Wildman–Crippen LogP) is 0.398. The third-order valence-corrected chi connectivity index (χ3v) is 3.87. The fourth-order valence-electron chi connectivity index (χ4n) is 2.41. The molecule has 6 nitrogen and oxygen atoms in total. The molecule has 1 atom stereocenters. The second-order valence-corrected chi connectivity index (χ2v) is 6.22. The molecule has 1 aromatic carbocycles. The third-order valence-electron chi connectivity index (χ3n) is 3.87. The quantitative estimate of drug-likeness (QED) is 0.641. The molecule has 0 unspecified atom stereocenters. The third kappa shape index (κ3) is 6.58. The van der Waals surface area contributed by atoms with E-state index in [1.54, 1.807) is 6.92 Å². The molecule has 0 bridgehead atoms. The molecule has 0 radical (unpaired) electrons. The van der Waals surface area contributed by atoms with E-state index in [0.717, 1.165) is 5.69 Å². The molecule has 0 heterocycles. The summed E-state index contributed by atoms with van der Waals surface area (Å²) in [6, 6.07) is 8.50. The maximum absolute atomic E-state index is 11.9. The highest BCUT2D eigenvalue weighted by Crippen LogP contribution is 2.16. The van der Waals surface area contributed by atoms with E-state index < -0.39 is 0 Å². The van der Waals surface area contributed by atoms with Crippen molar-refractivity contribution < 1.29 is 19.2 Å². The van der Waals surface area contributed by atoms with Crippen molar-refractivity contribution in [2.75, 3.05) is 46.2 Å². The van der Waals surface area contributed by atoms with Crippen molar-refractivity contribution in [1.29, 1.82) is 0 Å². The van der Waals surface area contributed by atoms with Gasteiger partial charge in [0, 0.05) is 31.8 Å². The maximum Gasteiger partial charge on any atom is 0.306 e. The van der Waals surface area contributed by atoms with E-state index >= 15 is 0 Å². The second-order valence-electron chi connectivity index (χ2n) is 6.22. The average molecular weight is 336 g/mol. The van der Waals surface area contributed by atoms with E-state index in [4.69, 9.17) is 4.74 Å². The lowest BCUT2D eigenvalue weighted by molar-refractivity contribution is -0.890. The zero-order valence-corrected chi connectivity index (χ0v) is 15.4. The number of benzene rings is 1. The van der Waals surface area contributed by atoms with Crippen LogP contribution < -0.4 is 15.1 Å². The Hall–Kier alpha value is -2.08. The van der Waals surface area contributed by atoms with Crippen molar-refractivity contribution in [1.82, 2.24) is 5.32 Å². The molecule has 0 fully saturated rings. The fraction of sp³-hybridized carbons (Fsp3) is 0.556. The summed E-state index contributed by atoms with van der Waals surface area (Å²) >= 11 is 0. The van der Waals surface area contributed by atoms with Crippen LogP contribution in [0.25, 0.3) is 0 Å². The summed E-state index contributed by atoms with van der Waals surface area (Å²) in [7, 11) is 8.14. The number of nitrogens with zero attached hydrogens (tertiary/aromatic N) is 1. The summed E-state index contributed by atoms with van der Waals surface area (Å²) in [5, 5.41) is 2.92. The summed E-state index contributed by atoms with van der Waals surface area (Å²) in [5.74, 6) is -0.457. The SMILES string of the molecule is CCOC(=O)CCC(=O)NC[C@H](c1ccc(N(C)C)cc1)[NH+](C)C. The Balaban J connectivity index is 2.57. The van der Waals surface area contributed by atoms with Crippen LogP contribution in [0.3, 0.4) is 0 Å². The predicted molar refractivity (Wildman–Crippen MR) is 95.2 cm³/mol. The van der Waals surface area contributed by atoms with E-state index in [1.807, 2.05) is 14.1 Å². The number of carbonyl (C=O) groups is 2. The van der Waals surface area contributed by atoms with Crippen molar-refractivity contribution in [3.05, 3.63) is 29.8 Å². The van der Waals surface area contributed by atoms with E-state index in [2.05, 4.69) is 48.6 Å². The first-order valence-electron chi connectivity index (χ1n) is 8.34. The largest absolute Gasteiger partial charge is 0.466 e. The number of hydrogen-bond donors (Lipinski definition) is 2. The van der Waals surface area contributed by atoms with Crippen molar-refractivity contribution >= 4 is 17.6 Å². The molecule has 0 saturated heterocycles. The first-order chi connectivity index (χ1) is 11.3. The Morgan fingerprint density at radius 3 is 2.29 bits per heavy atom. The van der Waals surface area contributed by atoms with Crippen LogP contribution in [-0.2, 0) is 14.3 Å². The molecule has 2 N–H and O–H groups in total. The summed E-state index contributed by atoms with van der Waals surface area (Å²) in [4.78, 5) is 26.5. The molecule has 0 aliphatic rings. The highest BCUT2D eigenvalue weighted by molar-refractivity contribution is 5.81. The van der Waals surface area contributed by atoms with Gasteiger partial charge < -0.3 is 19.9 Å². The Morgan fingerprint density at radius 1 is 1.17 bits per heavy atom. The van der Waals surface area contributed by atoms with Gasteiger partial charge in [-0.15, -0.1) is 0 Å². The number of amides is 1. The summed E-state index contributed by atoms with van der Waals surface area (Å²) in [5.41, 5.74) is 2.32. The maximum atomic E-state index is 11.9. The minimum Gasteiger partial charge on any atom is -0.466 e. The molecule has 0 saturated carbocycles. The molecule has 0 aliphatic heterocycles. The number of ether oxygens (including phenoxy) is 1. The van der Waals surface area contributed by atoms with Crippen LogP contribution in [0.4, 0.5) is 5.69 Å². The van der Waals surface area contributed by atoms with Gasteiger partial charge in [-0.2, -0.15) is 0 Å². The van der Waals surface area contributed by atoms with E-state index in [-0.39, 0.29) is 30.8 Å². The standard InChI is InChI=1S/C18H29N3O3/c1-6-24-18(23)12-11-17(22)19-13-16(21(4)5)14-7-9-15(10-8-14)20(2)3/h7-10,16H,6,11-13H2,1-5H3,(H,19,22)/p+1/t16-/m1/s1. The first-order valence-corrected chi connectivity index (χ1v) is 8.34. The van der Waals surface area contributed by atoms with Crippen LogP contribution in [0, 0.1) is 0 Å². The van der Waals surface area contributed by atoms with Gasteiger partial charge in [-0.25, -0.2) is 0 Å². The minimum atomic E-state index is -0.332. The molecule has 24 heavy (non-hydrogen) atoms. The van der Waals surface area contributed by atoms with Crippen LogP contribution in [0.1, 0.15) is 31.4 Å². The van der Waals surface area contributed by atoms with Crippen molar-refractivity contribution in [3.8, 4) is 0 Å². The lowest BCUT2D eigenvalue weighted by Crippen LogP contribution is -3.07. The van der Waals surface area contributed by atoms with E-state index in [9.17, 15) is 9.59 Å². The van der Waals surface area contributed by atoms with Crippen LogP contribution in [0.5, 0.6) is 0 Å². The monoisotopic (exact) mass is 336 g/mol. The number of hydrogen-bond acceptors (Lipinski definition) is 4. The summed E-state index contributed by atoms with van der Waals surface area (Å²) in [6.07, 6.45) is 0.282. The van der Waals surface area contributed by atoms with Crippen molar-refractivity contribution in [2.45, 2.75) is 25.8 Å². The lowest BCUT2D eigenvalue weighted by Gasteiger charge is -2.23. The number of carbonyl (C=O) groups excluding carboxylic acids is 2. The molecule has 0 aromatic heterocycles. The molecular formula is C18H30N3O3+. The molecule has 134 valence electrons. The minimum absolute atomic E-state index is 0.122. The first kappa shape index (κ1) is 20.0. The Bertz CT molecular complexity index is 527. The molecule has 0 aliphatic carbocycles. The van der Waals surface area contributed by atoms with Gasteiger partial charge in [-0.05, 0) is 19.1 Å². The number of likely N-dealkylation sites (N-methyl/N-ethyl adjacent to an activating group) is 1. The number of anilines is 1. The van der Waals surface area contributed by atoms with E-state index in [1.165, 1.54) is 10.5 Å². The average Bonchev–Trinajstić information content (AvgIpc) is 2.53. The lowest BCUT2D eigenvalue weighted by atomic mass is 10.1. The van der Waals surface area contributed by atoms with Crippen LogP contribution in [0.2, 0.25) is 0 Å². The number of nitrogens with one attached hydrogen (secondary N) is 2. The molecule has 6 heteroatoms. The zero-order chi connectivity index (χ0) is 18.1. The highest BCUT2D eigenvalue weighted by Gasteiger charge is 2.19. The van der Waals surface area contributed by atoms with Crippen molar-refractivity contribution in [3.63, 3.8) is 0 Å². The van der Waals surface area contributed by atoms with Crippen LogP contribution in [-0.4, -0.2) is 53.2 Å². The van der Waals surface area contributed by atoms with Crippen molar-refractivity contribution in [2.24, 2.45) is 0 Å². The van der Waals surface area contributed by atoms with Gasteiger partial charge in [0.25, 0.3) is 0 Å². The number of quaternary nitrogens is 1. The summed E-state index contributed by atoms with van der Waals surface area (Å²) < 4.78 is 4.83. The van der Waals surface area contributed by atoms with Gasteiger partial charge in [0.2, 0.25) is 5.91 Å². The normalized spacial score (nSPS) is 11.9. The summed E-state index contributed by atoms with van der Waals surface area (Å²) in [6.45, 7) is 2.63. The molecular weight excluding hydrogens is 306 g/mol. The van der Waals surface area contributed by atoms with Crippen LogP contribution in [0.15, 0.2) is 24.3 Å². The Kier molecular flexibility index (Phi) is 8.26. The van der Waals surface area contributed by atoms with Gasteiger partial charge >= 0.3 is 5.97 Å². The smallest absolute Gasteiger partial charge is 0.306 e. The number of rotatable bonds is 9.